The molecule has 0 aromatic carbocycles. The molecule has 1 saturated heterocycles. The van der Waals surface area contributed by atoms with Crippen LogP contribution in [0.5, 0.6) is 0 Å². The Labute approximate surface area is 95.9 Å². The zero-order valence-corrected chi connectivity index (χ0v) is 9.59. The normalized spacial score (nSPS) is 17.8. The molecule has 0 saturated carbocycles. The van der Waals surface area contributed by atoms with E-state index >= 15 is 0 Å². The number of aromatic nitrogens is 1. The van der Waals surface area contributed by atoms with E-state index in [1.54, 1.807) is 7.11 Å². The fourth-order valence-electron chi connectivity index (χ4n) is 2.05. The number of pyridine rings is 1. The summed E-state index contributed by atoms with van der Waals surface area (Å²) in [6.07, 6.45) is 2.47. The lowest BCUT2D eigenvalue weighted by molar-refractivity contribution is 0.0818. The number of piperidine rings is 1. The zero-order valence-electron chi connectivity index (χ0n) is 9.59. The van der Waals surface area contributed by atoms with E-state index in [2.05, 4.69) is 9.88 Å². The van der Waals surface area contributed by atoms with Crippen molar-refractivity contribution < 1.29 is 9.84 Å². The van der Waals surface area contributed by atoms with Gasteiger partial charge >= 0.3 is 0 Å². The highest BCUT2D eigenvalue weighted by Gasteiger charge is 2.19. The number of hydrogen-bond acceptors (Lipinski definition) is 4. The number of anilines is 1. The quantitative estimate of drug-likeness (QED) is 0.834. The number of methoxy groups -OCH3 is 1. The second-order valence-corrected chi connectivity index (χ2v) is 4.07. The van der Waals surface area contributed by atoms with Crippen LogP contribution in [0, 0.1) is 0 Å². The SMILES string of the molecule is COC1CCN(c2cccc(CO)n2)CC1. The molecule has 0 atom stereocenters. The summed E-state index contributed by atoms with van der Waals surface area (Å²) in [5, 5.41) is 9.04. The molecule has 1 fully saturated rings. The van der Waals surface area contributed by atoms with Crippen LogP contribution in [-0.4, -0.2) is 36.4 Å². The molecule has 0 bridgehead atoms. The van der Waals surface area contributed by atoms with Gasteiger partial charge in [-0.1, -0.05) is 6.07 Å². The first kappa shape index (κ1) is 11.4. The fraction of sp³-hybridized carbons (Fsp3) is 0.583. The average Bonchev–Trinajstić information content (AvgIpc) is 2.39. The Morgan fingerprint density at radius 1 is 1.44 bits per heavy atom. The minimum absolute atomic E-state index is 0.00236. The third-order valence-corrected chi connectivity index (χ3v) is 3.05. The summed E-state index contributed by atoms with van der Waals surface area (Å²) in [6, 6.07) is 5.77. The van der Waals surface area contributed by atoms with E-state index in [9.17, 15) is 0 Å². The summed E-state index contributed by atoms with van der Waals surface area (Å²) in [4.78, 5) is 6.65. The summed E-state index contributed by atoms with van der Waals surface area (Å²) in [6.45, 7) is 1.95. The average molecular weight is 222 g/mol. The molecule has 0 amide bonds. The number of rotatable bonds is 3. The lowest BCUT2D eigenvalue weighted by Gasteiger charge is -2.32. The van der Waals surface area contributed by atoms with Crippen LogP contribution < -0.4 is 4.90 Å². The van der Waals surface area contributed by atoms with Crippen molar-refractivity contribution in [1.29, 1.82) is 0 Å². The van der Waals surface area contributed by atoms with Gasteiger partial charge in [0.1, 0.15) is 5.82 Å². The number of aliphatic hydroxyl groups is 1. The summed E-state index contributed by atoms with van der Waals surface area (Å²) >= 11 is 0. The maximum Gasteiger partial charge on any atom is 0.128 e. The molecule has 4 heteroatoms. The van der Waals surface area contributed by atoms with Crippen molar-refractivity contribution in [2.45, 2.75) is 25.6 Å². The second kappa shape index (κ2) is 5.27. The molecular formula is C12H18N2O2. The van der Waals surface area contributed by atoms with Gasteiger partial charge in [-0.05, 0) is 25.0 Å². The second-order valence-electron chi connectivity index (χ2n) is 4.07. The molecule has 0 unspecified atom stereocenters. The van der Waals surface area contributed by atoms with Gasteiger partial charge in [0.2, 0.25) is 0 Å². The van der Waals surface area contributed by atoms with Gasteiger partial charge in [0, 0.05) is 20.2 Å². The van der Waals surface area contributed by atoms with Crippen LogP contribution in [0.3, 0.4) is 0 Å². The Morgan fingerprint density at radius 3 is 2.81 bits per heavy atom. The van der Waals surface area contributed by atoms with E-state index in [1.165, 1.54) is 0 Å². The van der Waals surface area contributed by atoms with Gasteiger partial charge in [0.05, 0.1) is 18.4 Å². The smallest absolute Gasteiger partial charge is 0.128 e. The van der Waals surface area contributed by atoms with Crippen molar-refractivity contribution in [3.05, 3.63) is 23.9 Å². The van der Waals surface area contributed by atoms with Crippen LogP contribution in [0.25, 0.3) is 0 Å². The van der Waals surface area contributed by atoms with Crippen LogP contribution in [0.4, 0.5) is 5.82 Å². The van der Waals surface area contributed by atoms with Gasteiger partial charge in [-0.15, -0.1) is 0 Å². The lowest BCUT2D eigenvalue weighted by Crippen LogP contribution is -2.37. The van der Waals surface area contributed by atoms with E-state index in [-0.39, 0.29) is 6.61 Å². The number of nitrogens with zero attached hydrogens (tertiary/aromatic N) is 2. The summed E-state index contributed by atoms with van der Waals surface area (Å²) in [5.41, 5.74) is 0.728. The molecule has 4 nitrogen and oxygen atoms in total. The number of hydrogen-bond donors (Lipinski definition) is 1. The molecule has 1 aromatic rings. The highest BCUT2D eigenvalue weighted by molar-refractivity contribution is 5.39. The van der Waals surface area contributed by atoms with Crippen LogP contribution in [0.15, 0.2) is 18.2 Å². The maximum atomic E-state index is 9.04. The molecule has 0 radical (unpaired) electrons. The number of ether oxygens (including phenoxy) is 1. The van der Waals surface area contributed by atoms with E-state index in [1.807, 2.05) is 18.2 Å². The third-order valence-electron chi connectivity index (χ3n) is 3.05. The van der Waals surface area contributed by atoms with Crippen molar-refractivity contribution >= 4 is 5.82 Å². The van der Waals surface area contributed by atoms with E-state index in [0.29, 0.717) is 6.10 Å². The van der Waals surface area contributed by atoms with Gasteiger partial charge in [-0.3, -0.25) is 0 Å². The van der Waals surface area contributed by atoms with E-state index in [4.69, 9.17) is 9.84 Å². The summed E-state index contributed by atoms with van der Waals surface area (Å²) in [5.74, 6) is 0.959. The first-order valence-corrected chi connectivity index (χ1v) is 5.68. The molecule has 1 N–H and O–H groups in total. The van der Waals surface area contributed by atoms with Crippen LogP contribution in [-0.2, 0) is 11.3 Å². The standard InChI is InChI=1S/C12H18N2O2/c1-16-11-5-7-14(8-6-11)12-4-2-3-10(9-15)13-12/h2-4,11,15H,5-9H2,1H3. The predicted molar refractivity (Wildman–Crippen MR) is 62.4 cm³/mol. The van der Waals surface area contributed by atoms with Crippen molar-refractivity contribution in [3.8, 4) is 0 Å². The van der Waals surface area contributed by atoms with Crippen molar-refractivity contribution in [3.63, 3.8) is 0 Å². The van der Waals surface area contributed by atoms with Gasteiger partial charge in [-0.2, -0.15) is 0 Å². The highest BCUT2D eigenvalue weighted by Crippen LogP contribution is 2.19. The Hall–Kier alpha value is -1.13. The molecular weight excluding hydrogens is 204 g/mol. The molecule has 1 aliphatic rings. The van der Waals surface area contributed by atoms with Crippen LogP contribution in [0.1, 0.15) is 18.5 Å². The molecule has 88 valence electrons. The summed E-state index contributed by atoms with van der Waals surface area (Å²) < 4.78 is 5.33. The minimum atomic E-state index is 0.00236. The monoisotopic (exact) mass is 222 g/mol. The Morgan fingerprint density at radius 2 is 2.19 bits per heavy atom. The van der Waals surface area contributed by atoms with Crippen molar-refractivity contribution in [1.82, 2.24) is 4.98 Å². The fourth-order valence-corrected chi connectivity index (χ4v) is 2.05. The maximum absolute atomic E-state index is 9.04. The largest absolute Gasteiger partial charge is 0.390 e. The zero-order chi connectivity index (χ0) is 11.4. The van der Waals surface area contributed by atoms with Crippen molar-refractivity contribution in [2.24, 2.45) is 0 Å². The van der Waals surface area contributed by atoms with Gasteiger partial charge < -0.3 is 14.7 Å². The molecule has 0 spiro atoms. The van der Waals surface area contributed by atoms with E-state index in [0.717, 1.165) is 37.4 Å². The first-order chi connectivity index (χ1) is 7.83. The molecule has 1 aromatic heterocycles. The van der Waals surface area contributed by atoms with Crippen molar-refractivity contribution in [2.75, 3.05) is 25.1 Å². The van der Waals surface area contributed by atoms with Crippen LogP contribution in [0.2, 0.25) is 0 Å². The van der Waals surface area contributed by atoms with Crippen LogP contribution >= 0.6 is 0 Å². The van der Waals surface area contributed by atoms with Gasteiger partial charge in [0.25, 0.3) is 0 Å². The lowest BCUT2D eigenvalue weighted by atomic mass is 10.1. The number of aliphatic hydroxyl groups excluding tert-OH is 1. The third kappa shape index (κ3) is 2.51. The molecule has 2 rings (SSSR count). The Kier molecular flexibility index (Phi) is 3.74. The Balaban J connectivity index is 2.02. The predicted octanol–water partition coefficient (Wildman–Crippen LogP) is 1.19. The molecule has 1 aliphatic heterocycles. The molecule has 0 aliphatic carbocycles. The topological polar surface area (TPSA) is 45.6 Å². The van der Waals surface area contributed by atoms with E-state index < -0.39 is 0 Å². The first-order valence-electron chi connectivity index (χ1n) is 5.68. The Bertz CT molecular complexity index is 336. The minimum Gasteiger partial charge on any atom is -0.390 e. The summed E-state index contributed by atoms with van der Waals surface area (Å²) in [7, 11) is 1.77. The highest BCUT2D eigenvalue weighted by atomic mass is 16.5. The molecule has 16 heavy (non-hydrogen) atoms. The molecule has 2 heterocycles. The van der Waals surface area contributed by atoms with Gasteiger partial charge in [-0.25, -0.2) is 4.98 Å². The van der Waals surface area contributed by atoms with Gasteiger partial charge in [0.15, 0.2) is 0 Å².